The van der Waals surface area contributed by atoms with Crippen LogP contribution in [0.5, 0.6) is 5.75 Å². The summed E-state index contributed by atoms with van der Waals surface area (Å²) < 4.78 is 11.2. The van der Waals surface area contributed by atoms with E-state index in [4.69, 9.17) is 9.26 Å². The molecule has 1 saturated heterocycles. The number of hydrogen-bond acceptors (Lipinski definition) is 7. The van der Waals surface area contributed by atoms with Crippen LogP contribution in [0, 0.1) is 0 Å². The van der Waals surface area contributed by atoms with Gasteiger partial charge in [0.25, 0.3) is 5.89 Å². The number of aromatic nitrogens is 3. The van der Waals surface area contributed by atoms with E-state index in [1.54, 1.807) is 6.20 Å². The number of rotatable bonds is 4. The van der Waals surface area contributed by atoms with Gasteiger partial charge in [-0.25, -0.2) is 4.98 Å². The standard InChI is InChI=1S/C15H21N5O2.ClH/c1-10(2)21-12-5-4-6-17-13(12)15-18-14(19-22-15)11-9-16-7-8-20(11)3;/h4-6,10-11,16H,7-9H2,1-3H3;1H. The Balaban J connectivity index is 0.00000192. The molecule has 0 saturated carbocycles. The molecule has 3 heterocycles. The Hall–Kier alpha value is -1.70. The zero-order valence-electron chi connectivity index (χ0n) is 13.5. The van der Waals surface area contributed by atoms with E-state index >= 15 is 0 Å². The second-order valence-electron chi connectivity index (χ2n) is 5.68. The van der Waals surface area contributed by atoms with Crippen LogP contribution in [0.4, 0.5) is 0 Å². The minimum absolute atomic E-state index is 0. The summed E-state index contributed by atoms with van der Waals surface area (Å²) in [5, 5.41) is 7.47. The zero-order valence-corrected chi connectivity index (χ0v) is 14.3. The topological polar surface area (TPSA) is 76.3 Å². The van der Waals surface area contributed by atoms with Crippen molar-refractivity contribution >= 4 is 12.4 Å². The number of hydrogen-bond donors (Lipinski definition) is 1. The van der Waals surface area contributed by atoms with E-state index in [1.807, 2.05) is 26.0 Å². The van der Waals surface area contributed by atoms with Crippen LogP contribution in [-0.4, -0.2) is 52.8 Å². The zero-order chi connectivity index (χ0) is 15.5. The Kier molecular flexibility index (Phi) is 5.92. The van der Waals surface area contributed by atoms with E-state index < -0.39 is 0 Å². The third kappa shape index (κ3) is 3.99. The molecule has 1 atom stereocenters. The van der Waals surface area contributed by atoms with Crippen molar-refractivity contribution in [1.29, 1.82) is 0 Å². The Morgan fingerprint density at radius 2 is 2.26 bits per heavy atom. The summed E-state index contributed by atoms with van der Waals surface area (Å²) in [7, 11) is 2.07. The highest BCUT2D eigenvalue weighted by Gasteiger charge is 2.26. The summed E-state index contributed by atoms with van der Waals surface area (Å²) in [6, 6.07) is 3.81. The maximum Gasteiger partial charge on any atom is 0.280 e. The van der Waals surface area contributed by atoms with E-state index in [1.165, 1.54) is 0 Å². The van der Waals surface area contributed by atoms with Crippen LogP contribution < -0.4 is 10.1 Å². The minimum Gasteiger partial charge on any atom is -0.489 e. The van der Waals surface area contributed by atoms with Gasteiger partial charge in [-0.1, -0.05) is 5.16 Å². The van der Waals surface area contributed by atoms with Gasteiger partial charge in [-0.3, -0.25) is 4.90 Å². The van der Waals surface area contributed by atoms with Crippen molar-refractivity contribution in [3.8, 4) is 17.3 Å². The molecule has 2 aromatic rings. The summed E-state index contributed by atoms with van der Waals surface area (Å²) in [5.74, 6) is 1.72. The third-order valence-electron chi connectivity index (χ3n) is 3.59. The fourth-order valence-electron chi connectivity index (χ4n) is 2.46. The molecule has 0 aromatic carbocycles. The van der Waals surface area contributed by atoms with Crippen LogP contribution in [0.1, 0.15) is 25.7 Å². The number of nitrogens with zero attached hydrogens (tertiary/aromatic N) is 4. The van der Waals surface area contributed by atoms with Gasteiger partial charge in [0.1, 0.15) is 0 Å². The summed E-state index contributed by atoms with van der Waals surface area (Å²) in [4.78, 5) is 11.1. The molecule has 0 amide bonds. The lowest BCUT2D eigenvalue weighted by molar-refractivity contribution is 0.190. The first-order valence-corrected chi connectivity index (χ1v) is 7.51. The molecule has 1 N–H and O–H groups in total. The van der Waals surface area contributed by atoms with Gasteiger partial charge in [-0.05, 0) is 33.0 Å². The van der Waals surface area contributed by atoms with Crippen molar-refractivity contribution in [2.24, 2.45) is 0 Å². The quantitative estimate of drug-likeness (QED) is 0.911. The number of nitrogens with one attached hydrogen (secondary N) is 1. The fourth-order valence-corrected chi connectivity index (χ4v) is 2.46. The predicted molar refractivity (Wildman–Crippen MR) is 88.8 cm³/mol. The van der Waals surface area contributed by atoms with Crippen molar-refractivity contribution in [1.82, 2.24) is 25.3 Å². The van der Waals surface area contributed by atoms with E-state index in [9.17, 15) is 0 Å². The predicted octanol–water partition coefficient (Wildman–Crippen LogP) is 1.92. The van der Waals surface area contributed by atoms with Crippen LogP contribution in [0.25, 0.3) is 11.6 Å². The van der Waals surface area contributed by atoms with Gasteiger partial charge in [0.2, 0.25) is 0 Å². The van der Waals surface area contributed by atoms with Gasteiger partial charge >= 0.3 is 0 Å². The highest BCUT2D eigenvalue weighted by atomic mass is 35.5. The highest BCUT2D eigenvalue weighted by Crippen LogP contribution is 2.28. The molecule has 1 aliphatic rings. The first kappa shape index (κ1) is 17.7. The molecule has 2 aromatic heterocycles. The Morgan fingerprint density at radius 3 is 3.00 bits per heavy atom. The lowest BCUT2D eigenvalue weighted by atomic mass is 10.2. The van der Waals surface area contributed by atoms with Gasteiger partial charge in [0.05, 0.1) is 12.1 Å². The van der Waals surface area contributed by atoms with Crippen LogP contribution in [0.3, 0.4) is 0 Å². The van der Waals surface area contributed by atoms with Crippen molar-refractivity contribution < 1.29 is 9.26 Å². The first-order valence-electron chi connectivity index (χ1n) is 7.51. The fraction of sp³-hybridized carbons (Fsp3) is 0.533. The number of ether oxygens (including phenoxy) is 1. The molecule has 0 aliphatic carbocycles. The Labute approximate surface area is 141 Å². The molecule has 1 unspecified atom stereocenters. The van der Waals surface area contributed by atoms with Crippen LogP contribution >= 0.6 is 12.4 Å². The molecule has 7 nitrogen and oxygen atoms in total. The molecule has 3 rings (SSSR count). The second-order valence-corrected chi connectivity index (χ2v) is 5.68. The molecule has 1 fully saturated rings. The van der Waals surface area contributed by atoms with E-state index in [0.717, 1.165) is 19.6 Å². The number of pyridine rings is 1. The Bertz CT molecular complexity index is 634. The largest absolute Gasteiger partial charge is 0.489 e. The van der Waals surface area contributed by atoms with Gasteiger partial charge in [0, 0.05) is 25.8 Å². The van der Waals surface area contributed by atoms with Crippen molar-refractivity contribution in [3.05, 3.63) is 24.2 Å². The maximum atomic E-state index is 5.76. The third-order valence-corrected chi connectivity index (χ3v) is 3.59. The van der Waals surface area contributed by atoms with Crippen LogP contribution in [0.15, 0.2) is 22.9 Å². The van der Waals surface area contributed by atoms with Crippen molar-refractivity contribution in [3.63, 3.8) is 0 Å². The molecule has 8 heteroatoms. The summed E-state index contributed by atoms with van der Waals surface area (Å²) in [6.07, 6.45) is 1.75. The van der Waals surface area contributed by atoms with E-state index in [2.05, 4.69) is 32.4 Å². The SMILES string of the molecule is CC(C)Oc1cccnc1-c1nc(C2CNCCN2C)no1.Cl. The van der Waals surface area contributed by atoms with E-state index in [0.29, 0.717) is 23.2 Å². The molecular formula is C15H22ClN5O2. The number of halogens is 1. The molecule has 0 spiro atoms. The molecule has 23 heavy (non-hydrogen) atoms. The molecular weight excluding hydrogens is 318 g/mol. The molecule has 0 radical (unpaired) electrons. The van der Waals surface area contributed by atoms with Crippen LogP contribution in [-0.2, 0) is 0 Å². The van der Waals surface area contributed by atoms with Gasteiger partial charge in [-0.2, -0.15) is 4.98 Å². The van der Waals surface area contributed by atoms with Gasteiger partial charge in [-0.15, -0.1) is 12.4 Å². The molecule has 1 aliphatic heterocycles. The van der Waals surface area contributed by atoms with Crippen molar-refractivity contribution in [2.45, 2.75) is 26.0 Å². The summed E-state index contributed by atoms with van der Waals surface area (Å²) in [5.41, 5.74) is 0.585. The first-order chi connectivity index (χ1) is 10.6. The highest BCUT2D eigenvalue weighted by molar-refractivity contribution is 5.85. The monoisotopic (exact) mass is 339 g/mol. The van der Waals surface area contributed by atoms with Crippen LogP contribution in [0.2, 0.25) is 0 Å². The van der Waals surface area contributed by atoms with Gasteiger partial charge < -0.3 is 14.6 Å². The Morgan fingerprint density at radius 1 is 1.43 bits per heavy atom. The smallest absolute Gasteiger partial charge is 0.280 e. The lowest BCUT2D eigenvalue weighted by Gasteiger charge is -2.30. The normalized spacial score (nSPS) is 18.7. The molecule has 0 bridgehead atoms. The van der Waals surface area contributed by atoms with Gasteiger partial charge in [0.15, 0.2) is 17.3 Å². The average molecular weight is 340 g/mol. The maximum absolute atomic E-state index is 5.76. The summed E-state index contributed by atoms with van der Waals surface area (Å²) >= 11 is 0. The lowest BCUT2D eigenvalue weighted by Crippen LogP contribution is -2.44. The number of likely N-dealkylation sites (N-methyl/N-ethyl adjacent to an activating group) is 1. The van der Waals surface area contributed by atoms with E-state index in [-0.39, 0.29) is 24.6 Å². The minimum atomic E-state index is 0. The summed E-state index contributed by atoms with van der Waals surface area (Å²) in [6.45, 7) is 6.69. The second kappa shape index (κ2) is 7.72. The average Bonchev–Trinajstić information content (AvgIpc) is 2.97. The number of piperazine rings is 1. The molecule has 126 valence electrons. The van der Waals surface area contributed by atoms with Crippen molar-refractivity contribution in [2.75, 3.05) is 26.7 Å².